The molecular weight excluding hydrogens is 221 g/mol. The van der Waals surface area contributed by atoms with Crippen molar-refractivity contribution in [1.29, 1.82) is 0 Å². The normalized spacial score (nSPS) is 12.3. The van der Waals surface area contributed by atoms with E-state index >= 15 is 0 Å². The molecule has 74 valence electrons. The molecule has 0 bridgehead atoms. The Morgan fingerprint density at radius 1 is 1.29 bits per heavy atom. The zero-order chi connectivity index (χ0) is 10.3. The van der Waals surface area contributed by atoms with E-state index < -0.39 is 11.9 Å². The van der Waals surface area contributed by atoms with Crippen molar-refractivity contribution in [3.05, 3.63) is 18.2 Å². The van der Waals surface area contributed by atoms with Crippen LogP contribution in [0.3, 0.4) is 0 Å². The van der Waals surface area contributed by atoms with Crippen LogP contribution in [0.2, 0.25) is 0 Å². The fourth-order valence-electron chi connectivity index (χ4n) is 1.04. The molecule has 4 nitrogen and oxygen atoms in total. The highest BCUT2D eigenvalue weighted by atomic mass is 35.5. The molecule has 0 fully saturated rings. The van der Waals surface area contributed by atoms with E-state index in [0.29, 0.717) is 4.20 Å². The molecule has 14 heavy (non-hydrogen) atoms. The summed E-state index contributed by atoms with van der Waals surface area (Å²) in [7, 11) is 0. The van der Waals surface area contributed by atoms with Gasteiger partial charge in [0.05, 0.1) is 6.20 Å². The quantitative estimate of drug-likeness (QED) is 0.683. The summed E-state index contributed by atoms with van der Waals surface area (Å²) in [4.78, 5) is 6.73. The van der Waals surface area contributed by atoms with Gasteiger partial charge in [0.1, 0.15) is 17.4 Å². The minimum absolute atomic E-state index is 0.0577. The van der Waals surface area contributed by atoms with Crippen molar-refractivity contribution in [3.8, 4) is 0 Å². The van der Waals surface area contributed by atoms with Gasteiger partial charge in [-0.2, -0.15) is 22.5 Å². The molecular formula is C6H2ClF3N4. The highest BCUT2D eigenvalue weighted by Gasteiger charge is 2.36. The lowest BCUT2D eigenvalue weighted by atomic mass is 10.3. The minimum atomic E-state index is -4.56. The molecule has 0 amide bonds. The van der Waals surface area contributed by atoms with E-state index in [1.54, 1.807) is 0 Å². The zero-order valence-electron chi connectivity index (χ0n) is 6.46. The molecule has 0 aliphatic heterocycles. The zero-order valence-corrected chi connectivity index (χ0v) is 7.21. The van der Waals surface area contributed by atoms with E-state index in [9.17, 15) is 13.2 Å². The fraction of sp³-hybridized carbons (Fsp3) is 0.167. The van der Waals surface area contributed by atoms with Gasteiger partial charge in [-0.15, -0.1) is 0 Å². The molecule has 0 aliphatic rings. The van der Waals surface area contributed by atoms with Crippen LogP contribution in [0.4, 0.5) is 13.2 Å². The molecule has 2 aromatic rings. The highest BCUT2D eigenvalue weighted by molar-refractivity contribution is 6.18. The number of hydrogen-bond donors (Lipinski definition) is 0. The van der Waals surface area contributed by atoms with Gasteiger partial charge in [0.15, 0.2) is 5.69 Å². The Bertz CT molecular complexity index is 477. The van der Waals surface area contributed by atoms with Crippen LogP contribution in [0, 0.1) is 0 Å². The van der Waals surface area contributed by atoms with E-state index in [-0.39, 0.29) is 11.0 Å². The lowest BCUT2D eigenvalue weighted by Crippen LogP contribution is -2.10. The second-order valence-corrected chi connectivity index (χ2v) is 2.78. The summed E-state index contributed by atoms with van der Waals surface area (Å²) in [5.41, 5.74) is -1.36. The van der Waals surface area contributed by atoms with Crippen molar-refractivity contribution < 1.29 is 13.2 Å². The minimum Gasteiger partial charge on any atom is -0.233 e. The Labute approximate surface area is 80.4 Å². The first-order valence-electron chi connectivity index (χ1n) is 3.42. The molecule has 2 rings (SSSR count). The van der Waals surface area contributed by atoms with Crippen LogP contribution < -0.4 is 0 Å². The molecule has 0 saturated carbocycles. The van der Waals surface area contributed by atoms with E-state index in [2.05, 4.69) is 15.1 Å². The molecule has 0 N–H and O–H groups in total. The summed E-state index contributed by atoms with van der Waals surface area (Å²) in [5.74, 6) is 0. The lowest BCUT2D eigenvalue weighted by Gasteiger charge is -2.05. The van der Waals surface area contributed by atoms with Gasteiger partial charge in [0, 0.05) is 11.8 Å². The Morgan fingerprint density at radius 2 is 2.00 bits per heavy atom. The van der Waals surface area contributed by atoms with Gasteiger partial charge in [-0.1, -0.05) is 0 Å². The molecule has 0 saturated heterocycles. The van der Waals surface area contributed by atoms with Gasteiger partial charge in [0.2, 0.25) is 0 Å². The summed E-state index contributed by atoms with van der Waals surface area (Å²) >= 11 is 5.41. The average molecular weight is 223 g/mol. The van der Waals surface area contributed by atoms with E-state index in [0.717, 1.165) is 12.5 Å². The van der Waals surface area contributed by atoms with Crippen LogP contribution in [0.15, 0.2) is 12.5 Å². The number of nitrogens with zero attached hydrogens (tertiary/aromatic N) is 4. The van der Waals surface area contributed by atoms with Crippen LogP contribution in [0.1, 0.15) is 5.69 Å². The number of alkyl halides is 3. The number of hydrogen-bond acceptors (Lipinski definition) is 3. The summed E-state index contributed by atoms with van der Waals surface area (Å²) in [6, 6.07) is 0. The predicted octanol–water partition coefficient (Wildman–Crippen LogP) is 1.85. The van der Waals surface area contributed by atoms with Crippen LogP contribution in [0.5, 0.6) is 0 Å². The number of aromatic nitrogens is 4. The summed E-state index contributed by atoms with van der Waals surface area (Å²) in [5, 5.41) is 3.45. The first-order valence-corrected chi connectivity index (χ1v) is 3.76. The van der Waals surface area contributed by atoms with E-state index in [1.807, 2.05) is 0 Å². The SMILES string of the molecule is FC(F)(F)c1ncnc2cnn(Cl)c12. The standard InChI is InChI=1S/C6H2ClF3N4/c7-14-4-3(1-13-14)11-2-12-5(4)6(8,9)10/h1-2H. The second kappa shape index (κ2) is 2.81. The van der Waals surface area contributed by atoms with Gasteiger partial charge >= 0.3 is 6.18 Å². The maximum Gasteiger partial charge on any atom is 0.435 e. The monoisotopic (exact) mass is 222 g/mol. The van der Waals surface area contributed by atoms with Gasteiger partial charge in [-0.3, -0.25) is 0 Å². The molecule has 2 aromatic heterocycles. The van der Waals surface area contributed by atoms with Gasteiger partial charge < -0.3 is 0 Å². The van der Waals surface area contributed by atoms with E-state index in [4.69, 9.17) is 11.8 Å². The van der Waals surface area contributed by atoms with Crippen molar-refractivity contribution in [2.45, 2.75) is 6.18 Å². The molecule has 0 atom stereocenters. The Hall–Kier alpha value is -1.37. The molecule has 8 heteroatoms. The molecule has 0 aliphatic carbocycles. The second-order valence-electron chi connectivity index (χ2n) is 2.46. The molecule has 0 unspecified atom stereocenters. The topological polar surface area (TPSA) is 43.6 Å². The van der Waals surface area contributed by atoms with Crippen LogP contribution >= 0.6 is 11.8 Å². The van der Waals surface area contributed by atoms with Crippen molar-refractivity contribution in [2.24, 2.45) is 0 Å². The molecule has 0 radical (unpaired) electrons. The van der Waals surface area contributed by atoms with Gasteiger partial charge in [-0.25, -0.2) is 9.97 Å². The van der Waals surface area contributed by atoms with Crippen LogP contribution in [-0.2, 0) is 6.18 Å². The molecule has 2 heterocycles. The summed E-state index contributed by atoms with van der Waals surface area (Å²) in [6.45, 7) is 0. The third-order valence-electron chi connectivity index (χ3n) is 1.59. The van der Waals surface area contributed by atoms with Crippen molar-refractivity contribution in [1.82, 2.24) is 19.3 Å². The number of halogens is 4. The number of rotatable bonds is 0. The molecule has 0 spiro atoms. The number of fused-ring (bicyclic) bond motifs is 1. The Kier molecular flexibility index (Phi) is 1.84. The average Bonchev–Trinajstić information content (AvgIpc) is 2.46. The third kappa shape index (κ3) is 1.29. The van der Waals surface area contributed by atoms with Gasteiger partial charge in [0.25, 0.3) is 0 Å². The van der Waals surface area contributed by atoms with Crippen molar-refractivity contribution in [2.75, 3.05) is 0 Å². The van der Waals surface area contributed by atoms with Crippen LogP contribution in [-0.4, -0.2) is 19.3 Å². The third-order valence-corrected chi connectivity index (χ3v) is 1.84. The first kappa shape index (κ1) is 9.20. The maximum atomic E-state index is 12.4. The van der Waals surface area contributed by atoms with Crippen molar-refractivity contribution >= 4 is 22.8 Å². The first-order chi connectivity index (χ1) is 6.50. The molecule has 0 aromatic carbocycles. The summed E-state index contributed by atoms with van der Waals surface area (Å²) < 4.78 is 37.7. The van der Waals surface area contributed by atoms with Crippen molar-refractivity contribution in [3.63, 3.8) is 0 Å². The fourth-order valence-corrected chi connectivity index (χ4v) is 1.25. The highest BCUT2D eigenvalue weighted by Crippen LogP contribution is 2.32. The smallest absolute Gasteiger partial charge is 0.233 e. The largest absolute Gasteiger partial charge is 0.435 e. The Balaban J connectivity index is 2.82. The van der Waals surface area contributed by atoms with Crippen LogP contribution in [0.25, 0.3) is 11.0 Å². The van der Waals surface area contributed by atoms with E-state index in [1.165, 1.54) is 0 Å². The lowest BCUT2D eigenvalue weighted by molar-refractivity contribution is -0.140. The Morgan fingerprint density at radius 3 is 2.64 bits per heavy atom. The van der Waals surface area contributed by atoms with Gasteiger partial charge in [-0.05, 0) is 0 Å². The predicted molar refractivity (Wildman–Crippen MR) is 41.6 cm³/mol. The maximum absolute atomic E-state index is 12.4. The summed E-state index contributed by atoms with van der Waals surface area (Å²) in [6.07, 6.45) is -2.60.